The van der Waals surface area contributed by atoms with Crippen LogP contribution in [0.15, 0.2) is 23.1 Å². The first-order valence-corrected chi connectivity index (χ1v) is 8.15. The number of hydrogen-bond donors (Lipinski definition) is 1. The number of carboxylic acid groups (broad SMARTS) is 1. The summed E-state index contributed by atoms with van der Waals surface area (Å²) in [5.74, 6) is -1.00. The molecule has 1 aliphatic heterocycles. The van der Waals surface area contributed by atoms with E-state index in [9.17, 15) is 9.59 Å². The van der Waals surface area contributed by atoms with Gasteiger partial charge in [-0.05, 0) is 37.5 Å². The number of benzene rings is 1. The van der Waals surface area contributed by atoms with E-state index >= 15 is 0 Å². The molecule has 6 heteroatoms. The van der Waals surface area contributed by atoms with E-state index in [2.05, 4.69) is 0 Å². The zero-order valence-electron chi connectivity index (χ0n) is 12.5. The van der Waals surface area contributed by atoms with E-state index in [0.29, 0.717) is 22.2 Å². The molecule has 4 nitrogen and oxygen atoms in total. The molecule has 22 heavy (non-hydrogen) atoms. The third-order valence-electron chi connectivity index (χ3n) is 3.37. The van der Waals surface area contributed by atoms with Gasteiger partial charge in [0.1, 0.15) is 4.32 Å². The van der Waals surface area contributed by atoms with Gasteiger partial charge in [0.05, 0.1) is 4.91 Å². The van der Waals surface area contributed by atoms with Crippen LogP contribution >= 0.6 is 24.0 Å². The molecule has 116 valence electrons. The molecule has 0 bridgehead atoms. The van der Waals surface area contributed by atoms with Crippen LogP contribution in [0.4, 0.5) is 0 Å². The topological polar surface area (TPSA) is 57.6 Å². The number of carbonyl (C=O) groups excluding carboxylic acids is 1. The second-order valence-corrected chi connectivity index (χ2v) is 6.87. The highest BCUT2D eigenvalue weighted by Gasteiger charge is 2.31. The van der Waals surface area contributed by atoms with Crippen molar-refractivity contribution < 1.29 is 14.7 Å². The quantitative estimate of drug-likeness (QED) is 0.660. The molecule has 1 aromatic carbocycles. The van der Waals surface area contributed by atoms with Crippen LogP contribution in [0.1, 0.15) is 29.5 Å². The molecule has 2 rings (SSSR count). The monoisotopic (exact) mass is 335 g/mol. The molecule has 0 aliphatic carbocycles. The van der Waals surface area contributed by atoms with Crippen molar-refractivity contribution in [2.45, 2.75) is 26.7 Å². The first-order valence-electron chi connectivity index (χ1n) is 6.93. The van der Waals surface area contributed by atoms with Crippen LogP contribution in [-0.4, -0.2) is 32.7 Å². The van der Waals surface area contributed by atoms with Crippen molar-refractivity contribution in [2.24, 2.45) is 0 Å². The largest absolute Gasteiger partial charge is 0.481 e. The maximum absolute atomic E-state index is 12.4. The minimum absolute atomic E-state index is 0.0348. The van der Waals surface area contributed by atoms with E-state index in [4.69, 9.17) is 17.3 Å². The minimum atomic E-state index is -0.864. The van der Waals surface area contributed by atoms with Crippen LogP contribution in [-0.2, 0) is 9.59 Å². The Hall–Kier alpha value is -1.66. The predicted octanol–water partition coefficient (Wildman–Crippen LogP) is 3.37. The van der Waals surface area contributed by atoms with E-state index in [1.807, 2.05) is 38.1 Å². The Morgan fingerprint density at radius 2 is 2.14 bits per heavy atom. The van der Waals surface area contributed by atoms with Crippen LogP contribution in [0.2, 0.25) is 0 Å². The molecule has 1 heterocycles. The zero-order valence-corrected chi connectivity index (χ0v) is 14.1. The van der Waals surface area contributed by atoms with E-state index in [-0.39, 0.29) is 12.3 Å². The number of carboxylic acids is 1. The maximum atomic E-state index is 12.4. The molecule has 0 spiro atoms. The van der Waals surface area contributed by atoms with Crippen molar-refractivity contribution in [1.82, 2.24) is 4.90 Å². The molecular weight excluding hydrogens is 318 g/mol. The number of thiocarbonyl (C=S) groups is 1. The molecule has 0 radical (unpaired) electrons. The van der Waals surface area contributed by atoms with Crippen molar-refractivity contribution in [3.8, 4) is 0 Å². The average molecular weight is 335 g/mol. The fraction of sp³-hybridized carbons (Fsp3) is 0.312. The van der Waals surface area contributed by atoms with Gasteiger partial charge >= 0.3 is 5.97 Å². The lowest BCUT2D eigenvalue weighted by atomic mass is 10.1. The second kappa shape index (κ2) is 7.07. The molecular formula is C16H17NO3S2. The van der Waals surface area contributed by atoms with E-state index in [0.717, 1.165) is 16.7 Å². The van der Waals surface area contributed by atoms with Crippen LogP contribution in [0.25, 0.3) is 6.08 Å². The summed E-state index contributed by atoms with van der Waals surface area (Å²) in [5, 5.41) is 8.67. The van der Waals surface area contributed by atoms with Gasteiger partial charge in [0, 0.05) is 13.0 Å². The van der Waals surface area contributed by atoms with Crippen molar-refractivity contribution in [2.75, 3.05) is 6.54 Å². The summed E-state index contributed by atoms with van der Waals surface area (Å²) in [6.45, 7) is 4.36. The molecule has 0 saturated carbocycles. The molecule has 1 amide bonds. The Balaban J connectivity index is 2.15. The second-order valence-electron chi connectivity index (χ2n) is 5.19. The van der Waals surface area contributed by atoms with Gasteiger partial charge in [-0.15, -0.1) is 0 Å². The number of carbonyl (C=O) groups is 2. The Morgan fingerprint density at radius 3 is 2.82 bits per heavy atom. The number of nitrogens with zero attached hydrogens (tertiary/aromatic N) is 1. The Bertz CT molecular complexity index is 667. The third-order valence-corrected chi connectivity index (χ3v) is 4.75. The minimum Gasteiger partial charge on any atom is -0.481 e. The molecule has 1 aliphatic rings. The van der Waals surface area contributed by atoms with E-state index in [1.54, 1.807) is 0 Å². The average Bonchev–Trinajstić information content (AvgIpc) is 2.70. The first kappa shape index (κ1) is 16.7. The summed E-state index contributed by atoms with van der Waals surface area (Å²) in [4.78, 5) is 25.0. The van der Waals surface area contributed by atoms with Gasteiger partial charge in [0.25, 0.3) is 5.91 Å². The number of amides is 1. The van der Waals surface area contributed by atoms with Gasteiger partial charge in [-0.2, -0.15) is 0 Å². The molecule has 0 aromatic heterocycles. The van der Waals surface area contributed by atoms with Gasteiger partial charge in [0.15, 0.2) is 0 Å². The SMILES string of the molecule is Cc1ccc(C)c(/C=C2/SC(=S)N(CCCC(=O)O)C2=O)c1. The summed E-state index contributed by atoms with van der Waals surface area (Å²) < 4.78 is 0.493. The Morgan fingerprint density at radius 1 is 1.41 bits per heavy atom. The zero-order chi connectivity index (χ0) is 16.3. The van der Waals surface area contributed by atoms with Crippen LogP contribution in [0, 0.1) is 13.8 Å². The van der Waals surface area contributed by atoms with E-state index in [1.165, 1.54) is 16.7 Å². The van der Waals surface area contributed by atoms with Crippen molar-refractivity contribution >= 4 is 46.3 Å². The fourth-order valence-electron chi connectivity index (χ4n) is 2.14. The summed E-state index contributed by atoms with van der Waals surface area (Å²) >= 11 is 6.50. The number of thioether (sulfide) groups is 1. The van der Waals surface area contributed by atoms with Crippen LogP contribution < -0.4 is 0 Å². The standard InChI is InChI=1S/C16H17NO3S2/c1-10-5-6-11(2)12(8-10)9-13-15(20)17(16(21)22-13)7-3-4-14(18)19/h5-6,8-9H,3-4,7H2,1-2H3,(H,18,19)/b13-9+. The highest BCUT2D eigenvalue weighted by Crippen LogP contribution is 2.33. The lowest BCUT2D eigenvalue weighted by Gasteiger charge is -2.13. The third kappa shape index (κ3) is 3.96. The normalized spacial score (nSPS) is 16.6. The Kier molecular flexibility index (Phi) is 5.37. The summed E-state index contributed by atoms with van der Waals surface area (Å²) in [6, 6.07) is 6.09. The highest BCUT2D eigenvalue weighted by atomic mass is 32.2. The summed E-state index contributed by atoms with van der Waals surface area (Å²) in [7, 11) is 0. The fourth-order valence-corrected chi connectivity index (χ4v) is 3.44. The van der Waals surface area contributed by atoms with Crippen molar-refractivity contribution in [3.63, 3.8) is 0 Å². The number of rotatable bonds is 5. The lowest BCUT2D eigenvalue weighted by molar-refractivity contribution is -0.137. The van der Waals surface area contributed by atoms with Gasteiger partial charge in [0.2, 0.25) is 0 Å². The number of hydrogen-bond acceptors (Lipinski definition) is 4. The summed E-state index contributed by atoms with van der Waals surface area (Å²) in [5.41, 5.74) is 3.24. The highest BCUT2D eigenvalue weighted by molar-refractivity contribution is 8.26. The molecule has 0 unspecified atom stereocenters. The van der Waals surface area contributed by atoms with E-state index < -0.39 is 5.97 Å². The number of aryl methyl sites for hydroxylation is 2. The van der Waals surface area contributed by atoms with Crippen molar-refractivity contribution in [1.29, 1.82) is 0 Å². The summed E-state index contributed by atoms with van der Waals surface area (Å²) in [6.07, 6.45) is 2.30. The van der Waals surface area contributed by atoms with Gasteiger partial charge < -0.3 is 5.11 Å². The molecule has 1 fully saturated rings. The van der Waals surface area contributed by atoms with Gasteiger partial charge in [-0.1, -0.05) is 47.7 Å². The van der Waals surface area contributed by atoms with Gasteiger partial charge in [-0.3, -0.25) is 14.5 Å². The number of aliphatic carboxylic acids is 1. The predicted molar refractivity (Wildman–Crippen MR) is 92.7 cm³/mol. The van der Waals surface area contributed by atoms with Crippen LogP contribution in [0.5, 0.6) is 0 Å². The smallest absolute Gasteiger partial charge is 0.303 e. The molecule has 1 aromatic rings. The lowest BCUT2D eigenvalue weighted by Crippen LogP contribution is -2.29. The molecule has 0 atom stereocenters. The molecule has 1 N–H and O–H groups in total. The first-order chi connectivity index (χ1) is 10.4. The molecule has 1 saturated heterocycles. The Labute approximate surface area is 139 Å². The van der Waals surface area contributed by atoms with Gasteiger partial charge in [-0.25, -0.2) is 0 Å². The maximum Gasteiger partial charge on any atom is 0.303 e. The van der Waals surface area contributed by atoms with Crippen molar-refractivity contribution in [3.05, 3.63) is 39.8 Å². The van der Waals surface area contributed by atoms with Crippen LogP contribution in [0.3, 0.4) is 0 Å².